The van der Waals surface area contributed by atoms with Crippen molar-refractivity contribution in [3.05, 3.63) is 103 Å². The van der Waals surface area contributed by atoms with E-state index in [4.69, 9.17) is 27.9 Å². The Balaban J connectivity index is 1.54. The summed E-state index contributed by atoms with van der Waals surface area (Å²) in [5.41, 5.74) is 0.823. The van der Waals surface area contributed by atoms with E-state index >= 15 is 0 Å². The van der Waals surface area contributed by atoms with E-state index in [1.54, 1.807) is 6.07 Å². The molecule has 0 saturated carbocycles. The minimum atomic E-state index is -0.721. The van der Waals surface area contributed by atoms with Gasteiger partial charge in [0, 0.05) is 12.1 Å². The zero-order valence-corrected chi connectivity index (χ0v) is 17.6. The average molecular weight is 471 g/mol. The van der Waals surface area contributed by atoms with Crippen LogP contribution in [-0.4, -0.2) is 22.7 Å². The maximum atomic E-state index is 12.8. The Morgan fingerprint density at radius 2 is 1.56 bits per heavy atom. The van der Waals surface area contributed by atoms with E-state index in [9.17, 15) is 24.5 Å². The van der Waals surface area contributed by atoms with Gasteiger partial charge in [0.2, 0.25) is 0 Å². The quantitative estimate of drug-likeness (QED) is 0.223. The average Bonchev–Trinajstić information content (AvgIpc) is 3.02. The van der Waals surface area contributed by atoms with Crippen LogP contribution in [0.15, 0.2) is 60.7 Å². The molecule has 0 bridgehead atoms. The van der Waals surface area contributed by atoms with Gasteiger partial charge in [-0.25, -0.2) is 9.69 Å². The van der Waals surface area contributed by atoms with E-state index in [1.165, 1.54) is 54.6 Å². The number of nitrogens with zero attached hydrogens (tertiary/aromatic N) is 2. The van der Waals surface area contributed by atoms with E-state index in [0.29, 0.717) is 5.56 Å². The summed E-state index contributed by atoms with van der Waals surface area (Å²) in [4.78, 5) is 49.3. The van der Waals surface area contributed by atoms with Gasteiger partial charge in [-0.3, -0.25) is 19.7 Å². The standard InChI is InChI=1S/C22H12Cl2N2O6/c23-18-9-16-17(10-19(18)24)21(28)25(20(16)27)14-5-2-4-13(8-14)22(29)32-11-12-3-1-6-15(7-12)26(30)31/h1-10H,11H2. The van der Waals surface area contributed by atoms with Crippen LogP contribution in [0, 0.1) is 10.1 Å². The summed E-state index contributed by atoms with van der Waals surface area (Å²) in [5.74, 6) is -1.91. The number of benzene rings is 3. The summed E-state index contributed by atoms with van der Waals surface area (Å²) < 4.78 is 5.23. The highest BCUT2D eigenvalue weighted by Gasteiger charge is 2.37. The number of halogens is 2. The van der Waals surface area contributed by atoms with Crippen LogP contribution in [0.1, 0.15) is 36.6 Å². The smallest absolute Gasteiger partial charge is 0.338 e. The summed E-state index contributed by atoms with van der Waals surface area (Å²) in [6.45, 7) is -0.186. The number of nitro benzene ring substituents is 1. The molecule has 160 valence electrons. The summed E-state index contributed by atoms with van der Waals surface area (Å²) in [6.07, 6.45) is 0. The molecule has 0 N–H and O–H groups in total. The van der Waals surface area contributed by atoms with Crippen LogP contribution >= 0.6 is 23.2 Å². The second kappa shape index (κ2) is 8.41. The number of esters is 1. The maximum Gasteiger partial charge on any atom is 0.338 e. The maximum absolute atomic E-state index is 12.8. The summed E-state index contributed by atoms with van der Waals surface area (Å²) in [7, 11) is 0. The molecule has 1 aliphatic heterocycles. The molecular weight excluding hydrogens is 459 g/mol. The monoisotopic (exact) mass is 470 g/mol. The van der Waals surface area contributed by atoms with Crippen LogP contribution in [0.2, 0.25) is 10.0 Å². The number of imide groups is 1. The zero-order chi connectivity index (χ0) is 23.0. The molecule has 0 aromatic heterocycles. The van der Waals surface area contributed by atoms with Crippen molar-refractivity contribution in [1.29, 1.82) is 0 Å². The van der Waals surface area contributed by atoms with Gasteiger partial charge < -0.3 is 4.74 Å². The van der Waals surface area contributed by atoms with Crippen molar-refractivity contribution in [1.82, 2.24) is 0 Å². The van der Waals surface area contributed by atoms with Gasteiger partial charge in [0.05, 0.1) is 37.3 Å². The Labute approximate surface area is 191 Å². The predicted molar refractivity (Wildman–Crippen MR) is 116 cm³/mol. The fourth-order valence-electron chi connectivity index (χ4n) is 3.23. The van der Waals surface area contributed by atoms with Gasteiger partial charge in [-0.2, -0.15) is 0 Å². The Hall–Kier alpha value is -3.75. The highest BCUT2D eigenvalue weighted by Crippen LogP contribution is 2.34. The van der Waals surface area contributed by atoms with Gasteiger partial charge in [-0.05, 0) is 35.9 Å². The molecule has 3 aromatic rings. The van der Waals surface area contributed by atoms with Crippen LogP contribution in [0.3, 0.4) is 0 Å². The first kappa shape index (κ1) is 21.5. The topological polar surface area (TPSA) is 107 Å². The Bertz CT molecular complexity index is 1270. The number of hydrogen-bond acceptors (Lipinski definition) is 6. The first-order valence-corrected chi connectivity index (χ1v) is 9.90. The molecule has 2 amide bonds. The zero-order valence-electron chi connectivity index (χ0n) is 16.1. The fourth-order valence-corrected chi connectivity index (χ4v) is 3.56. The van der Waals surface area contributed by atoms with E-state index in [1.807, 2.05) is 0 Å². The third-order valence-corrected chi connectivity index (χ3v) is 5.48. The third kappa shape index (κ3) is 3.93. The minimum absolute atomic E-state index is 0.0977. The number of amides is 2. The number of carbonyl (C=O) groups excluding carboxylic acids is 3. The van der Waals surface area contributed by atoms with Gasteiger partial charge in [-0.15, -0.1) is 0 Å². The molecule has 1 heterocycles. The number of rotatable bonds is 5. The number of fused-ring (bicyclic) bond motifs is 1. The number of non-ortho nitro benzene ring substituents is 1. The second-order valence-electron chi connectivity index (χ2n) is 6.81. The van der Waals surface area contributed by atoms with Gasteiger partial charge >= 0.3 is 5.97 Å². The normalized spacial score (nSPS) is 12.6. The van der Waals surface area contributed by atoms with Crippen molar-refractivity contribution in [2.24, 2.45) is 0 Å². The molecule has 32 heavy (non-hydrogen) atoms. The summed E-state index contributed by atoms with van der Waals surface area (Å²) >= 11 is 11.9. The summed E-state index contributed by atoms with van der Waals surface area (Å²) in [5, 5.41) is 11.2. The van der Waals surface area contributed by atoms with Crippen molar-refractivity contribution < 1.29 is 24.0 Å². The lowest BCUT2D eigenvalue weighted by atomic mass is 10.1. The van der Waals surface area contributed by atoms with Gasteiger partial charge in [-0.1, -0.05) is 41.4 Å². The molecule has 0 aliphatic carbocycles. The van der Waals surface area contributed by atoms with Crippen molar-refractivity contribution in [3.8, 4) is 0 Å². The van der Waals surface area contributed by atoms with Gasteiger partial charge in [0.25, 0.3) is 17.5 Å². The number of ether oxygens (including phenoxy) is 1. The molecule has 0 radical (unpaired) electrons. The molecule has 0 fully saturated rings. The molecule has 0 spiro atoms. The lowest BCUT2D eigenvalue weighted by Gasteiger charge is -2.15. The van der Waals surface area contributed by atoms with Crippen molar-refractivity contribution in [2.75, 3.05) is 4.90 Å². The number of anilines is 1. The van der Waals surface area contributed by atoms with E-state index < -0.39 is 22.7 Å². The van der Waals surface area contributed by atoms with Crippen LogP contribution in [0.25, 0.3) is 0 Å². The van der Waals surface area contributed by atoms with E-state index in [0.717, 1.165) is 4.90 Å². The first-order chi connectivity index (χ1) is 15.3. The SMILES string of the molecule is O=C(OCc1cccc([N+](=O)[O-])c1)c1cccc(N2C(=O)c3cc(Cl)c(Cl)cc3C2=O)c1. The van der Waals surface area contributed by atoms with Crippen molar-refractivity contribution >= 4 is 52.4 Å². The third-order valence-electron chi connectivity index (χ3n) is 4.76. The molecule has 0 saturated heterocycles. The van der Waals surface area contributed by atoms with Crippen LogP contribution in [-0.2, 0) is 11.3 Å². The molecule has 10 heteroatoms. The number of hydrogen-bond donors (Lipinski definition) is 0. The van der Waals surface area contributed by atoms with Crippen LogP contribution in [0.5, 0.6) is 0 Å². The van der Waals surface area contributed by atoms with Crippen molar-refractivity contribution in [2.45, 2.75) is 6.61 Å². The predicted octanol–water partition coefficient (Wildman–Crippen LogP) is 5.06. The minimum Gasteiger partial charge on any atom is -0.457 e. The van der Waals surface area contributed by atoms with Gasteiger partial charge in [0.1, 0.15) is 6.61 Å². The molecular formula is C22H12Cl2N2O6. The largest absolute Gasteiger partial charge is 0.457 e. The van der Waals surface area contributed by atoms with Crippen molar-refractivity contribution in [3.63, 3.8) is 0 Å². The van der Waals surface area contributed by atoms with E-state index in [-0.39, 0.29) is 44.7 Å². The summed E-state index contributed by atoms with van der Waals surface area (Å²) in [6, 6.07) is 14.2. The van der Waals surface area contributed by atoms with Gasteiger partial charge in [0.15, 0.2) is 0 Å². The van der Waals surface area contributed by atoms with Crippen LogP contribution < -0.4 is 4.90 Å². The highest BCUT2D eigenvalue weighted by atomic mass is 35.5. The molecule has 4 rings (SSSR count). The number of carbonyl (C=O) groups is 3. The molecule has 0 atom stereocenters. The Morgan fingerprint density at radius 3 is 2.19 bits per heavy atom. The lowest BCUT2D eigenvalue weighted by Crippen LogP contribution is -2.29. The Morgan fingerprint density at radius 1 is 0.938 bits per heavy atom. The molecule has 3 aromatic carbocycles. The molecule has 8 nitrogen and oxygen atoms in total. The number of nitro groups is 1. The fraction of sp³-hybridized carbons (Fsp3) is 0.0455. The van der Waals surface area contributed by atoms with Crippen LogP contribution in [0.4, 0.5) is 11.4 Å². The van der Waals surface area contributed by atoms with E-state index in [2.05, 4.69) is 0 Å². The molecule has 1 aliphatic rings. The Kier molecular flexibility index (Phi) is 5.65. The lowest BCUT2D eigenvalue weighted by molar-refractivity contribution is -0.384. The highest BCUT2D eigenvalue weighted by molar-refractivity contribution is 6.44. The second-order valence-corrected chi connectivity index (χ2v) is 7.63. The molecule has 0 unspecified atom stereocenters. The first-order valence-electron chi connectivity index (χ1n) is 9.14.